The molecular formula is C9H7BrClNO2. The zero-order valence-electron chi connectivity index (χ0n) is 7.09. The first-order chi connectivity index (χ1) is 6.65. The van der Waals surface area contributed by atoms with E-state index in [4.69, 9.17) is 16.3 Å². The normalized spacial score (nSPS) is 20.4. The van der Waals surface area contributed by atoms with Crippen molar-refractivity contribution < 1.29 is 9.53 Å². The average Bonchev–Trinajstić information content (AvgIpc) is 2.50. The van der Waals surface area contributed by atoms with Crippen molar-refractivity contribution in [3.05, 3.63) is 33.3 Å². The quantitative estimate of drug-likeness (QED) is 0.856. The lowest BCUT2D eigenvalue weighted by molar-refractivity contribution is 0.141. The number of amides is 1. The van der Waals surface area contributed by atoms with E-state index in [9.17, 15) is 4.79 Å². The summed E-state index contributed by atoms with van der Waals surface area (Å²) in [5.74, 6) is 0. The molecule has 14 heavy (non-hydrogen) atoms. The highest BCUT2D eigenvalue weighted by molar-refractivity contribution is 9.10. The van der Waals surface area contributed by atoms with Crippen LogP contribution in [-0.2, 0) is 4.74 Å². The Balaban J connectivity index is 2.27. The standard InChI is InChI=1S/C9H7BrClNO2/c10-6-1-5(2-7(11)3-6)8-4-12-9(13)14-8/h1-3,8H,4H2,(H,12,13). The van der Waals surface area contributed by atoms with E-state index in [1.807, 2.05) is 6.07 Å². The second kappa shape index (κ2) is 3.79. The minimum atomic E-state index is -0.383. The van der Waals surface area contributed by atoms with E-state index in [1.54, 1.807) is 12.1 Å². The number of ether oxygens (including phenoxy) is 1. The monoisotopic (exact) mass is 275 g/mol. The lowest BCUT2D eigenvalue weighted by Crippen LogP contribution is -2.12. The maximum absolute atomic E-state index is 10.8. The molecule has 0 bridgehead atoms. The van der Waals surface area contributed by atoms with Crippen LogP contribution in [0.3, 0.4) is 0 Å². The Hall–Kier alpha value is -0.740. The highest BCUT2D eigenvalue weighted by atomic mass is 79.9. The van der Waals surface area contributed by atoms with Crippen LogP contribution in [0.25, 0.3) is 0 Å². The Morgan fingerprint density at radius 2 is 2.29 bits per heavy atom. The molecule has 1 saturated heterocycles. The second-order valence-electron chi connectivity index (χ2n) is 2.98. The first-order valence-electron chi connectivity index (χ1n) is 4.05. The lowest BCUT2D eigenvalue weighted by Gasteiger charge is -2.08. The molecule has 1 amide bonds. The van der Waals surface area contributed by atoms with Crippen LogP contribution in [0.4, 0.5) is 4.79 Å². The van der Waals surface area contributed by atoms with Crippen LogP contribution >= 0.6 is 27.5 Å². The zero-order chi connectivity index (χ0) is 10.1. The largest absolute Gasteiger partial charge is 0.439 e. The van der Waals surface area contributed by atoms with Gasteiger partial charge in [0.25, 0.3) is 0 Å². The van der Waals surface area contributed by atoms with E-state index < -0.39 is 0 Å². The summed E-state index contributed by atoms with van der Waals surface area (Å²) >= 11 is 9.20. The molecule has 74 valence electrons. The fourth-order valence-corrected chi connectivity index (χ4v) is 2.22. The molecule has 0 radical (unpaired) electrons. The molecule has 0 aliphatic carbocycles. The van der Waals surface area contributed by atoms with Crippen molar-refractivity contribution in [3.8, 4) is 0 Å². The third-order valence-electron chi connectivity index (χ3n) is 1.94. The van der Waals surface area contributed by atoms with Gasteiger partial charge in [-0.3, -0.25) is 0 Å². The van der Waals surface area contributed by atoms with Crippen LogP contribution in [0.5, 0.6) is 0 Å². The van der Waals surface area contributed by atoms with Gasteiger partial charge in [-0.1, -0.05) is 27.5 Å². The molecule has 1 atom stereocenters. The number of benzene rings is 1. The predicted molar refractivity (Wildman–Crippen MR) is 56.4 cm³/mol. The smallest absolute Gasteiger partial charge is 0.407 e. The van der Waals surface area contributed by atoms with Gasteiger partial charge in [-0.2, -0.15) is 0 Å². The third-order valence-corrected chi connectivity index (χ3v) is 2.61. The molecule has 1 aromatic carbocycles. The number of alkyl carbamates (subject to hydrolysis) is 1. The van der Waals surface area contributed by atoms with Crippen LogP contribution in [-0.4, -0.2) is 12.6 Å². The zero-order valence-corrected chi connectivity index (χ0v) is 9.43. The Labute approximate surface area is 94.5 Å². The molecule has 0 aromatic heterocycles. The van der Waals surface area contributed by atoms with Crippen molar-refractivity contribution >= 4 is 33.6 Å². The molecule has 1 aromatic rings. The number of nitrogens with one attached hydrogen (secondary N) is 1. The van der Waals surface area contributed by atoms with Crippen LogP contribution in [0, 0.1) is 0 Å². The summed E-state index contributed by atoms with van der Waals surface area (Å²) in [6.45, 7) is 0.492. The summed E-state index contributed by atoms with van der Waals surface area (Å²) in [7, 11) is 0. The molecular weight excluding hydrogens is 269 g/mol. The minimum absolute atomic E-state index is 0.238. The van der Waals surface area contributed by atoms with Gasteiger partial charge in [0, 0.05) is 9.50 Å². The molecule has 1 fully saturated rings. The van der Waals surface area contributed by atoms with Crippen molar-refractivity contribution in [1.82, 2.24) is 5.32 Å². The number of halogens is 2. The Morgan fingerprint density at radius 1 is 1.50 bits per heavy atom. The SMILES string of the molecule is O=C1NCC(c2cc(Cl)cc(Br)c2)O1. The van der Waals surface area contributed by atoms with Gasteiger partial charge in [0.05, 0.1) is 6.54 Å². The Kier molecular flexibility index (Phi) is 2.65. The average molecular weight is 277 g/mol. The van der Waals surface area contributed by atoms with Crippen molar-refractivity contribution in [2.24, 2.45) is 0 Å². The molecule has 0 saturated carbocycles. The molecule has 1 N–H and O–H groups in total. The van der Waals surface area contributed by atoms with E-state index in [0.29, 0.717) is 11.6 Å². The maximum Gasteiger partial charge on any atom is 0.407 e. The molecule has 1 heterocycles. The van der Waals surface area contributed by atoms with Crippen LogP contribution in [0.2, 0.25) is 5.02 Å². The Bertz CT molecular complexity index is 363. The Morgan fingerprint density at radius 3 is 2.86 bits per heavy atom. The van der Waals surface area contributed by atoms with Crippen molar-refractivity contribution in [2.45, 2.75) is 6.10 Å². The van der Waals surface area contributed by atoms with E-state index in [1.165, 1.54) is 0 Å². The topological polar surface area (TPSA) is 38.3 Å². The highest BCUT2D eigenvalue weighted by Gasteiger charge is 2.24. The number of carbonyl (C=O) groups is 1. The van der Waals surface area contributed by atoms with Gasteiger partial charge in [0.15, 0.2) is 0 Å². The predicted octanol–water partition coefficient (Wildman–Crippen LogP) is 2.88. The lowest BCUT2D eigenvalue weighted by atomic mass is 10.1. The fourth-order valence-electron chi connectivity index (χ4n) is 1.34. The molecule has 5 heteroatoms. The summed E-state index contributed by atoms with van der Waals surface area (Å²) in [4.78, 5) is 10.8. The summed E-state index contributed by atoms with van der Waals surface area (Å²) < 4.78 is 5.91. The van der Waals surface area contributed by atoms with Gasteiger partial charge in [-0.25, -0.2) is 4.79 Å². The maximum atomic E-state index is 10.8. The molecule has 1 unspecified atom stereocenters. The number of carbonyl (C=O) groups excluding carboxylic acids is 1. The highest BCUT2D eigenvalue weighted by Crippen LogP contribution is 2.27. The van der Waals surface area contributed by atoms with Gasteiger partial charge in [-0.05, 0) is 23.8 Å². The fraction of sp³-hybridized carbons (Fsp3) is 0.222. The van der Waals surface area contributed by atoms with Crippen molar-refractivity contribution in [2.75, 3.05) is 6.54 Å². The second-order valence-corrected chi connectivity index (χ2v) is 4.33. The summed E-state index contributed by atoms with van der Waals surface area (Å²) in [6, 6.07) is 5.46. The molecule has 0 spiro atoms. The van der Waals surface area contributed by atoms with Crippen LogP contribution in [0.1, 0.15) is 11.7 Å². The van der Waals surface area contributed by atoms with Gasteiger partial charge in [0.1, 0.15) is 6.10 Å². The minimum Gasteiger partial charge on any atom is -0.439 e. The van der Waals surface area contributed by atoms with E-state index in [2.05, 4.69) is 21.2 Å². The van der Waals surface area contributed by atoms with Gasteiger partial charge >= 0.3 is 6.09 Å². The van der Waals surface area contributed by atoms with E-state index >= 15 is 0 Å². The van der Waals surface area contributed by atoms with Gasteiger partial charge < -0.3 is 10.1 Å². The first kappa shape index (κ1) is 9.80. The van der Waals surface area contributed by atoms with E-state index in [0.717, 1.165) is 10.0 Å². The molecule has 3 nitrogen and oxygen atoms in total. The van der Waals surface area contributed by atoms with Crippen molar-refractivity contribution in [3.63, 3.8) is 0 Å². The van der Waals surface area contributed by atoms with E-state index in [-0.39, 0.29) is 12.2 Å². The summed E-state index contributed by atoms with van der Waals surface area (Å²) in [6.07, 6.45) is -0.622. The molecule has 1 aliphatic rings. The van der Waals surface area contributed by atoms with Crippen LogP contribution in [0.15, 0.2) is 22.7 Å². The van der Waals surface area contributed by atoms with Gasteiger partial charge in [-0.15, -0.1) is 0 Å². The number of rotatable bonds is 1. The van der Waals surface area contributed by atoms with Crippen molar-refractivity contribution in [1.29, 1.82) is 0 Å². The molecule has 2 rings (SSSR count). The number of cyclic esters (lactones) is 1. The third kappa shape index (κ3) is 2.01. The number of hydrogen-bond acceptors (Lipinski definition) is 2. The number of hydrogen-bond donors (Lipinski definition) is 1. The van der Waals surface area contributed by atoms with Crippen LogP contribution < -0.4 is 5.32 Å². The first-order valence-corrected chi connectivity index (χ1v) is 5.23. The summed E-state index contributed by atoms with van der Waals surface area (Å²) in [5.41, 5.74) is 0.891. The summed E-state index contributed by atoms with van der Waals surface area (Å²) in [5, 5.41) is 3.21. The van der Waals surface area contributed by atoms with Gasteiger partial charge in [0.2, 0.25) is 0 Å². The molecule has 1 aliphatic heterocycles.